The Hall–Kier alpha value is -1.79. The van der Waals surface area contributed by atoms with E-state index in [0.29, 0.717) is 30.2 Å². The lowest BCUT2D eigenvalue weighted by Gasteiger charge is -2.16. The Labute approximate surface area is 126 Å². The number of methoxy groups -OCH3 is 2. The third-order valence-electron chi connectivity index (χ3n) is 3.04. The van der Waals surface area contributed by atoms with Gasteiger partial charge in [-0.3, -0.25) is 0 Å². The van der Waals surface area contributed by atoms with Crippen molar-refractivity contribution in [2.45, 2.75) is 0 Å². The van der Waals surface area contributed by atoms with E-state index in [0.717, 1.165) is 13.1 Å². The highest BCUT2D eigenvalue weighted by Gasteiger charge is 2.11. The van der Waals surface area contributed by atoms with E-state index in [1.807, 2.05) is 14.1 Å². The minimum absolute atomic E-state index is 0.346. The molecule has 6 heteroatoms. The molecule has 0 radical (unpaired) electrons. The smallest absolute Gasteiger partial charge is 0.338 e. The number of benzene rings is 1. The van der Waals surface area contributed by atoms with Gasteiger partial charge in [0.15, 0.2) is 0 Å². The number of carbonyl (C=O) groups is 1. The predicted molar refractivity (Wildman–Crippen MR) is 81.3 cm³/mol. The molecule has 1 rings (SSSR count). The number of hydrogen-bond acceptors (Lipinski definition) is 6. The number of nitrogens with zero attached hydrogens (tertiary/aromatic N) is 1. The molecule has 0 fully saturated rings. The van der Waals surface area contributed by atoms with Gasteiger partial charge in [0.25, 0.3) is 0 Å². The highest BCUT2D eigenvalue weighted by atomic mass is 16.5. The van der Waals surface area contributed by atoms with Crippen molar-refractivity contribution in [2.75, 3.05) is 54.6 Å². The number of carbonyl (C=O) groups excluding carboxylic acids is 1. The molecule has 0 atom stereocenters. The highest BCUT2D eigenvalue weighted by Crippen LogP contribution is 2.22. The number of esters is 1. The SMILES string of the molecule is CNCCN(C)CCOC(=O)c1cc(OC)cc(OC)c1. The van der Waals surface area contributed by atoms with Crippen LogP contribution in [-0.2, 0) is 4.74 Å². The zero-order valence-electron chi connectivity index (χ0n) is 13.1. The van der Waals surface area contributed by atoms with Crippen LogP contribution in [0.15, 0.2) is 18.2 Å². The molecule has 21 heavy (non-hydrogen) atoms. The number of hydrogen-bond donors (Lipinski definition) is 1. The Morgan fingerprint density at radius 2 is 1.76 bits per heavy atom. The Morgan fingerprint density at radius 1 is 1.14 bits per heavy atom. The first-order valence-electron chi connectivity index (χ1n) is 6.84. The summed E-state index contributed by atoms with van der Waals surface area (Å²) >= 11 is 0. The van der Waals surface area contributed by atoms with E-state index in [9.17, 15) is 4.79 Å². The van der Waals surface area contributed by atoms with E-state index in [4.69, 9.17) is 14.2 Å². The van der Waals surface area contributed by atoms with Gasteiger partial charge < -0.3 is 24.4 Å². The molecule has 1 aromatic rings. The number of ether oxygens (including phenoxy) is 3. The molecule has 0 saturated heterocycles. The average Bonchev–Trinajstić information content (AvgIpc) is 2.52. The number of rotatable bonds is 9. The summed E-state index contributed by atoms with van der Waals surface area (Å²) in [5.41, 5.74) is 0.420. The maximum absolute atomic E-state index is 12.0. The van der Waals surface area contributed by atoms with E-state index in [-0.39, 0.29) is 5.97 Å². The summed E-state index contributed by atoms with van der Waals surface area (Å²) in [6.07, 6.45) is 0. The minimum Gasteiger partial charge on any atom is -0.497 e. The van der Waals surface area contributed by atoms with Gasteiger partial charge in [0.2, 0.25) is 0 Å². The first kappa shape index (κ1) is 17.3. The van der Waals surface area contributed by atoms with Crippen LogP contribution >= 0.6 is 0 Å². The highest BCUT2D eigenvalue weighted by molar-refractivity contribution is 5.90. The predicted octanol–water partition coefficient (Wildman–Crippen LogP) is 1.01. The lowest BCUT2D eigenvalue weighted by atomic mass is 10.2. The van der Waals surface area contributed by atoms with Crippen LogP contribution in [0.1, 0.15) is 10.4 Å². The summed E-state index contributed by atoms with van der Waals surface area (Å²) in [6.45, 7) is 2.84. The molecule has 118 valence electrons. The molecule has 0 bridgehead atoms. The van der Waals surface area contributed by atoms with Crippen molar-refractivity contribution >= 4 is 5.97 Å². The molecule has 0 aliphatic heterocycles. The molecule has 0 aliphatic rings. The van der Waals surface area contributed by atoms with E-state index < -0.39 is 0 Å². The van der Waals surface area contributed by atoms with Gasteiger partial charge in [-0.05, 0) is 26.2 Å². The quantitative estimate of drug-likeness (QED) is 0.686. The molecular formula is C15H24N2O4. The van der Waals surface area contributed by atoms with Crippen molar-refractivity contribution in [1.29, 1.82) is 0 Å². The van der Waals surface area contributed by atoms with Gasteiger partial charge >= 0.3 is 5.97 Å². The van der Waals surface area contributed by atoms with Gasteiger partial charge in [-0.1, -0.05) is 0 Å². The molecule has 0 spiro atoms. The van der Waals surface area contributed by atoms with Gasteiger partial charge in [0.05, 0.1) is 19.8 Å². The summed E-state index contributed by atoms with van der Waals surface area (Å²) in [7, 11) is 6.98. The molecule has 0 saturated carbocycles. The second-order valence-corrected chi connectivity index (χ2v) is 4.64. The van der Waals surface area contributed by atoms with Crippen LogP contribution in [0.3, 0.4) is 0 Å². The second kappa shape index (κ2) is 9.20. The fourth-order valence-electron chi connectivity index (χ4n) is 1.72. The van der Waals surface area contributed by atoms with Crippen molar-refractivity contribution in [2.24, 2.45) is 0 Å². The van der Waals surface area contributed by atoms with Gasteiger partial charge in [-0.2, -0.15) is 0 Å². The Bertz CT molecular complexity index is 429. The third-order valence-corrected chi connectivity index (χ3v) is 3.04. The van der Waals surface area contributed by atoms with Crippen LogP contribution < -0.4 is 14.8 Å². The standard InChI is InChI=1S/C15H24N2O4/c1-16-5-6-17(2)7-8-21-15(18)12-9-13(19-3)11-14(10-12)20-4/h9-11,16H,5-8H2,1-4H3. The maximum Gasteiger partial charge on any atom is 0.338 e. The van der Waals surface area contributed by atoms with Crippen LogP contribution in [0, 0.1) is 0 Å². The summed E-state index contributed by atoms with van der Waals surface area (Å²) < 4.78 is 15.5. The molecule has 1 aromatic carbocycles. The Kier molecular flexibility index (Phi) is 7.56. The lowest BCUT2D eigenvalue weighted by Crippen LogP contribution is -2.30. The Balaban J connectivity index is 2.51. The van der Waals surface area contributed by atoms with E-state index in [1.54, 1.807) is 32.4 Å². The van der Waals surface area contributed by atoms with Crippen molar-refractivity contribution in [1.82, 2.24) is 10.2 Å². The fourth-order valence-corrected chi connectivity index (χ4v) is 1.72. The third kappa shape index (κ3) is 6.01. The summed E-state index contributed by atoms with van der Waals surface area (Å²) in [5, 5.41) is 3.07. The van der Waals surface area contributed by atoms with Gasteiger partial charge in [-0.15, -0.1) is 0 Å². The van der Waals surface area contributed by atoms with Gasteiger partial charge in [0.1, 0.15) is 18.1 Å². The average molecular weight is 296 g/mol. The van der Waals surface area contributed by atoms with Gasteiger partial charge in [0, 0.05) is 25.7 Å². The first-order valence-corrected chi connectivity index (χ1v) is 6.84. The van der Waals surface area contributed by atoms with Crippen molar-refractivity contribution in [3.05, 3.63) is 23.8 Å². The molecule has 0 aromatic heterocycles. The molecular weight excluding hydrogens is 272 g/mol. The number of likely N-dealkylation sites (N-methyl/N-ethyl adjacent to an activating group) is 2. The van der Waals surface area contributed by atoms with E-state index in [1.165, 1.54) is 0 Å². The minimum atomic E-state index is -0.380. The van der Waals surface area contributed by atoms with Crippen LogP contribution in [0.25, 0.3) is 0 Å². The summed E-state index contributed by atoms with van der Waals surface area (Å²) in [4.78, 5) is 14.1. The summed E-state index contributed by atoms with van der Waals surface area (Å²) in [5.74, 6) is 0.745. The fraction of sp³-hybridized carbons (Fsp3) is 0.533. The molecule has 6 nitrogen and oxygen atoms in total. The first-order chi connectivity index (χ1) is 10.1. The van der Waals surface area contributed by atoms with Gasteiger partial charge in [-0.25, -0.2) is 4.79 Å². The summed E-state index contributed by atoms with van der Waals surface area (Å²) in [6, 6.07) is 4.98. The van der Waals surface area contributed by atoms with Crippen LogP contribution in [0.2, 0.25) is 0 Å². The molecule has 0 amide bonds. The van der Waals surface area contributed by atoms with E-state index >= 15 is 0 Å². The number of nitrogens with one attached hydrogen (secondary N) is 1. The van der Waals surface area contributed by atoms with Crippen LogP contribution in [-0.4, -0.2) is 65.4 Å². The van der Waals surface area contributed by atoms with E-state index in [2.05, 4.69) is 10.2 Å². The second-order valence-electron chi connectivity index (χ2n) is 4.64. The zero-order valence-corrected chi connectivity index (χ0v) is 13.1. The van der Waals surface area contributed by atoms with Crippen molar-refractivity contribution in [3.63, 3.8) is 0 Å². The van der Waals surface area contributed by atoms with Crippen LogP contribution in [0.5, 0.6) is 11.5 Å². The normalized spacial score (nSPS) is 10.5. The van der Waals surface area contributed by atoms with Crippen molar-refractivity contribution in [3.8, 4) is 11.5 Å². The molecule has 0 heterocycles. The monoisotopic (exact) mass is 296 g/mol. The van der Waals surface area contributed by atoms with Crippen LogP contribution in [0.4, 0.5) is 0 Å². The maximum atomic E-state index is 12.0. The van der Waals surface area contributed by atoms with Crippen molar-refractivity contribution < 1.29 is 19.0 Å². The lowest BCUT2D eigenvalue weighted by molar-refractivity contribution is 0.0473. The molecule has 0 aliphatic carbocycles. The topological polar surface area (TPSA) is 60.0 Å². The Morgan fingerprint density at radius 3 is 2.29 bits per heavy atom. The largest absolute Gasteiger partial charge is 0.497 e. The molecule has 0 unspecified atom stereocenters. The molecule has 1 N–H and O–H groups in total. The zero-order chi connectivity index (χ0) is 15.7.